The van der Waals surface area contributed by atoms with Crippen LogP contribution < -0.4 is 5.32 Å². The van der Waals surface area contributed by atoms with Crippen LogP contribution in [0.3, 0.4) is 0 Å². The maximum atomic E-state index is 12.0. The standard InChI is InChI=1S/C13H24N2O4/c1-13(2,3)19-12(17)15-8-6-4-5-7-14-11(16)9-18-10-15/h4-10H2,1-3H3,(H,14,16). The van der Waals surface area contributed by atoms with Crippen LogP contribution in [-0.2, 0) is 14.3 Å². The number of carbonyl (C=O) groups is 2. The van der Waals surface area contributed by atoms with Crippen molar-refractivity contribution in [3.63, 3.8) is 0 Å². The molecular formula is C13H24N2O4. The van der Waals surface area contributed by atoms with Crippen molar-refractivity contribution in [3.8, 4) is 0 Å². The summed E-state index contributed by atoms with van der Waals surface area (Å²) in [4.78, 5) is 24.8. The molecule has 110 valence electrons. The lowest BCUT2D eigenvalue weighted by Crippen LogP contribution is -2.39. The highest BCUT2D eigenvalue weighted by Gasteiger charge is 2.22. The summed E-state index contributed by atoms with van der Waals surface area (Å²) in [6.45, 7) is 6.78. The van der Waals surface area contributed by atoms with E-state index in [1.54, 1.807) is 0 Å². The topological polar surface area (TPSA) is 67.9 Å². The Labute approximate surface area is 114 Å². The molecule has 0 saturated carbocycles. The molecule has 1 fully saturated rings. The summed E-state index contributed by atoms with van der Waals surface area (Å²) >= 11 is 0. The third-order valence-corrected chi connectivity index (χ3v) is 2.56. The molecular weight excluding hydrogens is 248 g/mol. The van der Waals surface area contributed by atoms with Gasteiger partial charge in [-0.3, -0.25) is 9.69 Å². The molecule has 0 aliphatic carbocycles. The van der Waals surface area contributed by atoms with Crippen molar-refractivity contribution in [3.05, 3.63) is 0 Å². The molecule has 1 N–H and O–H groups in total. The lowest BCUT2D eigenvalue weighted by molar-refractivity contribution is -0.127. The second-order valence-corrected chi connectivity index (χ2v) is 5.63. The lowest BCUT2D eigenvalue weighted by Gasteiger charge is -2.27. The number of ether oxygens (including phenoxy) is 2. The summed E-state index contributed by atoms with van der Waals surface area (Å²) in [5, 5.41) is 2.76. The number of carbonyl (C=O) groups excluding carboxylic acids is 2. The number of nitrogens with one attached hydrogen (secondary N) is 1. The van der Waals surface area contributed by atoms with Gasteiger partial charge in [-0.1, -0.05) is 0 Å². The first-order chi connectivity index (χ1) is 8.88. The van der Waals surface area contributed by atoms with Gasteiger partial charge in [-0.2, -0.15) is 0 Å². The van der Waals surface area contributed by atoms with Crippen molar-refractivity contribution in [1.29, 1.82) is 0 Å². The molecule has 0 aromatic rings. The van der Waals surface area contributed by atoms with Gasteiger partial charge in [0.25, 0.3) is 0 Å². The zero-order valence-corrected chi connectivity index (χ0v) is 12.0. The fraction of sp³-hybridized carbons (Fsp3) is 0.846. The van der Waals surface area contributed by atoms with Crippen molar-refractivity contribution >= 4 is 12.0 Å². The average molecular weight is 272 g/mol. The van der Waals surface area contributed by atoms with E-state index < -0.39 is 11.7 Å². The van der Waals surface area contributed by atoms with Gasteiger partial charge in [-0.15, -0.1) is 0 Å². The van der Waals surface area contributed by atoms with Gasteiger partial charge >= 0.3 is 6.09 Å². The number of hydrogen-bond acceptors (Lipinski definition) is 4. The molecule has 0 spiro atoms. The van der Waals surface area contributed by atoms with E-state index in [-0.39, 0.29) is 19.2 Å². The van der Waals surface area contributed by atoms with Crippen molar-refractivity contribution in [2.75, 3.05) is 26.4 Å². The highest BCUT2D eigenvalue weighted by molar-refractivity contribution is 5.77. The van der Waals surface area contributed by atoms with E-state index in [1.807, 2.05) is 20.8 Å². The average Bonchev–Trinajstić information content (AvgIpc) is 2.32. The van der Waals surface area contributed by atoms with Crippen LogP contribution in [0.1, 0.15) is 40.0 Å². The Balaban J connectivity index is 2.53. The van der Waals surface area contributed by atoms with Gasteiger partial charge in [0, 0.05) is 13.1 Å². The second-order valence-electron chi connectivity index (χ2n) is 5.63. The highest BCUT2D eigenvalue weighted by Crippen LogP contribution is 2.11. The predicted molar refractivity (Wildman–Crippen MR) is 70.6 cm³/mol. The Morgan fingerprint density at radius 3 is 2.74 bits per heavy atom. The van der Waals surface area contributed by atoms with Crippen LogP contribution in [0.2, 0.25) is 0 Å². The fourth-order valence-corrected chi connectivity index (χ4v) is 1.67. The Kier molecular flexibility index (Phi) is 6.08. The third-order valence-electron chi connectivity index (χ3n) is 2.56. The van der Waals surface area contributed by atoms with Crippen LogP contribution in [0.15, 0.2) is 0 Å². The smallest absolute Gasteiger partial charge is 0.412 e. The zero-order valence-electron chi connectivity index (χ0n) is 12.0. The molecule has 1 saturated heterocycles. The molecule has 19 heavy (non-hydrogen) atoms. The van der Waals surface area contributed by atoms with Crippen LogP contribution in [0.4, 0.5) is 4.79 Å². The van der Waals surface area contributed by atoms with E-state index in [0.29, 0.717) is 13.1 Å². The normalized spacial score (nSPS) is 19.3. The van der Waals surface area contributed by atoms with E-state index in [9.17, 15) is 9.59 Å². The molecule has 0 radical (unpaired) electrons. The number of nitrogens with zero attached hydrogens (tertiary/aromatic N) is 1. The van der Waals surface area contributed by atoms with E-state index in [1.165, 1.54) is 4.90 Å². The van der Waals surface area contributed by atoms with E-state index in [0.717, 1.165) is 19.3 Å². The highest BCUT2D eigenvalue weighted by atomic mass is 16.6. The van der Waals surface area contributed by atoms with Gasteiger partial charge in [0.1, 0.15) is 18.9 Å². The summed E-state index contributed by atoms with van der Waals surface area (Å²) in [6.07, 6.45) is 2.35. The molecule has 1 rings (SSSR count). The zero-order chi connectivity index (χ0) is 14.3. The SMILES string of the molecule is CC(C)(C)OC(=O)N1CCCCCNC(=O)COC1. The van der Waals surface area contributed by atoms with Crippen LogP contribution in [-0.4, -0.2) is 48.9 Å². The summed E-state index contributed by atoms with van der Waals surface area (Å²) in [5.74, 6) is -0.147. The molecule has 0 aromatic heterocycles. The maximum Gasteiger partial charge on any atom is 0.412 e. The number of rotatable bonds is 0. The maximum absolute atomic E-state index is 12.0. The lowest BCUT2D eigenvalue weighted by atomic mass is 10.2. The minimum absolute atomic E-state index is 0.0285. The van der Waals surface area contributed by atoms with Gasteiger partial charge in [-0.05, 0) is 40.0 Å². The molecule has 1 aliphatic rings. The monoisotopic (exact) mass is 272 g/mol. The molecule has 6 nitrogen and oxygen atoms in total. The van der Waals surface area contributed by atoms with Gasteiger partial charge in [-0.25, -0.2) is 4.79 Å². The summed E-state index contributed by atoms with van der Waals surface area (Å²) in [5.41, 5.74) is -0.527. The van der Waals surface area contributed by atoms with Crippen molar-refractivity contribution in [2.24, 2.45) is 0 Å². The third kappa shape index (κ3) is 7.00. The van der Waals surface area contributed by atoms with Crippen LogP contribution in [0.25, 0.3) is 0 Å². The molecule has 1 heterocycles. The Morgan fingerprint density at radius 2 is 2.05 bits per heavy atom. The minimum Gasteiger partial charge on any atom is -0.444 e. The first-order valence-electron chi connectivity index (χ1n) is 6.71. The Hall–Kier alpha value is -1.30. The van der Waals surface area contributed by atoms with Crippen LogP contribution >= 0.6 is 0 Å². The second kappa shape index (κ2) is 7.33. The van der Waals surface area contributed by atoms with Gasteiger partial charge in [0.2, 0.25) is 5.91 Å². The van der Waals surface area contributed by atoms with Crippen LogP contribution in [0.5, 0.6) is 0 Å². The van der Waals surface area contributed by atoms with E-state index in [4.69, 9.17) is 9.47 Å². The van der Waals surface area contributed by atoms with Crippen LogP contribution in [0, 0.1) is 0 Å². The number of hydrogen-bond donors (Lipinski definition) is 1. The van der Waals surface area contributed by atoms with Gasteiger partial charge in [0.15, 0.2) is 0 Å². The first-order valence-corrected chi connectivity index (χ1v) is 6.71. The van der Waals surface area contributed by atoms with E-state index >= 15 is 0 Å². The van der Waals surface area contributed by atoms with Crippen molar-refractivity contribution in [1.82, 2.24) is 10.2 Å². The molecule has 0 bridgehead atoms. The molecule has 1 aliphatic heterocycles. The summed E-state index contributed by atoms with van der Waals surface area (Å²) in [7, 11) is 0. The summed E-state index contributed by atoms with van der Waals surface area (Å²) < 4.78 is 10.5. The largest absolute Gasteiger partial charge is 0.444 e. The summed E-state index contributed by atoms with van der Waals surface area (Å²) in [6, 6.07) is 0. The molecule has 0 aromatic carbocycles. The molecule has 6 heteroatoms. The van der Waals surface area contributed by atoms with Crippen molar-refractivity contribution in [2.45, 2.75) is 45.6 Å². The first kappa shape index (κ1) is 15.8. The predicted octanol–water partition coefficient (Wildman–Crippen LogP) is 1.50. The van der Waals surface area contributed by atoms with Gasteiger partial charge < -0.3 is 14.8 Å². The van der Waals surface area contributed by atoms with Gasteiger partial charge in [0.05, 0.1) is 0 Å². The van der Waals surface area contributed by atoms with E-state index in [2.05, 4.69) is 5.32 Å². The number of amides is 2. The van der Waals surface area contributed by atoms with Crippen molar-refractivity contribution < 1.29 is 19.1 Å². The molecule has 0 unspecified atom stereocenters. The quantitative estimate of drug-likeness (QED) is 0.725. The minimum atomic E-state index is -0.527. The molecule has 0 atom stereocenters. The fourth-order valence-electron chi connectivity index (χ4n) is 1.67. The Bertz CT molecular complexity index is 312. The molecule has 2 amide bonds. The Morgan fingerprint density at radius 1 is 1.32 bits per heavy atom.